The van der Waals surface area contributed by atoms with Crippen molar-refractivity contribution in [1.29, 1.82) is 0 Å². The number of nitro groups is 1. The lowest BCUT2D eigenvalue weighted by atomic mass is 10.1. The van der Waals surface area contributed by atoms with E-state index in [4.69, 9.17) is 0 Å². The van der Waals surface area contributed by atoms with Gasteiger partial charge in [0.05, 0.1) is 39.7 Å². The van der Waals surface area contributed by atoms with Crippen molar-refractivity contribution in [2.45, 2.75) is 31.0 Å². The van der Waals surface area contributed by atoms with Crippen molar-refractivity contribution in [1.82, 2.24) is 20.1 Å². The van der Waals surface area contributed by atoms with E-state index in [0.29, 0.717) is 11.8 Å². The molecule has 1 aromatic heterocycles. The summed E-state index contributed by atoms with van der Waals surface area (Å²) in [4.78, 5) is 36.0. The van der Waals surface area contributed by atoms with Gasteiger partial charge >= 0.3 is 12.4 Å². The Morgan fingerprint density at radius 2 is 1.66 bits per heavy atom. The third-order valence-electron chi connectivity index (χ3n) is 6.12. The first-order valence-electron chi connectivity index (χ1n) is 12.4. The van der Waals surface area contributed by atoms with Crippen molar-refractivity contribution in [2.24, 2.45) is 0 Å². The zero-order valence-electron chi connectivity index (χ0n) is 22.4. The summed E-state index contributed by atoms with van der Waals surface area (Å²) in [5, 5.41) is 23.7. The van der Waals surface area contributed by atoms with Gasteiger partial charge in [-0.3, -0.25) is 24.3 Å². The van der Waals surface area contributed by atoms with Gasteiger partial charge in [-0.05, 0) is 43.3 Å². The largest absolute Gasteiger partial charge is 0.418 e. The fraction of sp³-hybridized carbons (Fsp3) is 0.185. The molecule has 0 aliphatic carbocycles. The summed E-state index contributed by atoms with van der Waals surface area (Å²) in [7, 11) is 0. The SMILES string of the molecule is Cc1c(C(=O)NCc2nnc(SCC(=O)Nc3ccccc3C(F)(F)F)n2-c2cccc(C(F)(F)F)c2)cccc1[N+](=O)[O-]. The summed E-state index contributed by atoms with van der Waals surface area (Å²) < 4.78 is 81.5. The number of amides is 2. The molecule has 0 fully saturated rings. The first kappa shape index (κ1) is 32.0. The van der Waals surface area contributed by atoms with Crippen molar-refractivity contribution in [2.75, 3.05) is 11.1 Å². The van der Waals surface area contributed by atoms with E-state index in [2.05, 4.69) is 20.8 Å². The summed E-state index contributed by atoms with van der Waals surface area (Å²) in [5.41, 5.74) is -2.86. The van der Waals surface area contributed by atoms with Crippen LogP contribution in [0.5, 0.6) is 0 Å². The second kappa shape index (κ2) is 12.7. The normalized spacial score (nSPS) is 11.7. The molecule has 0 saturated carbocycles. The molecule has 1 heterocycles. The highest BCUT2D eigenvalue weighted by Crippen LogP contribution is 2.35. The number of anilines is 1. The Morgan fingerprint density at radius 1 is 0.955 bits per heavy atom. The standard InChI is InChI=1S/C27H20F6N6O4S/c1-15-18(8-5-11-21(15)39(42)43)24(41)34-13-22-36-37-25(38(22)17-7-4-6-16(12-17)26(28,29)30)44-14-23(40)35-20-10-3-2-9-19(20)27(31,32)33/h2-12H,13-14H2,1H3,(H,34,41)(H,35,40). The van der Waals surface area contributed by atoms with Crippen LogP contribution in [0, 0.1) is 17.0 Å². The number of hydrogen-bond acceptors (Lipinski definition) is 7. The number of alkyl halides is 6. The Bertz CT molecular complexity index is 1720. The minimum Gasteiger partial charge on any atom is -0.345 e. The van der Waals surface area contributed by atoms with Crippen molar-refractivity contribution in [3.8, 4) is 5.69 Å². The smallest absolute Gasteiger partial charge is 0.345 e. The molecule has 3 aromatic carbocycles. The summed E-state index contributed by atoms with van der Waals surface area (Å²) in [6.07, 6.45) is -9.44. The summed E-state index contributed by atoms with van der Waals surface area (Å²) in [5.74, 6) is -2.16. The zero-order valence-corrected chi connectivity index (χ0v) is 23.2. The van der Waals surface area contributed by atoms with E-state index in [1.807, 2.05) is 0 Å². The van der Waals surface area contributed by atoms with Crippen LogP contribution in [0.4, 0.5) is 37.7 Å². The molecule has 2 N–H and O–H groups in total. The third-order valence-corrected chi connectivity index (χ3v) is 7.05. The number of carbonyl (C=O) groups excluding carboxylic acids is 2. The lowest BCUT2D eigenvalue weighted by molar-refractivity contribution is -0.385. The molecule has 0 spiro atoms. The van der Waals surface area contributed by atoms with Gasteiger partial charge in [0.25, 0.3) is 11.6 Å². The quantitative estimate of drug-likeness (QED) is 0.0968. The second-order valence-corrected chi connectivity index (χ2v) is 9.99. The number of aromatic nitrogens is 3. The van der Waals surface area contributed by atoms with Crippen molar-refractivity contribution >= 4 is 35.0 Å². The lowest BCUT2D eigenvalue weighted by Crippen LogP contribution is -2.25. The van der Waals surface area contributed by atoms with Crippen molar-refractivity contribution in [3.05, 3.63) is 105 Å². The summed E-state index contributed by atoms with van der Waals surface area (Å²) in [6.45, 7) is 0.987. The minimum absolute atomic E-state index is 0.0188. The number of hydrogen-bond donors (Lipinski definition) is 2. The molecule has 0 radical (unpaired) electrons. The van der Waals surface area contributed by atoms with Gasteiger partial charge in [-0.1, -0.05) is 36.0 Å². The van der Waals surface area contributed by atoms with Gasteiger partial charge in [-0.15, -0.1) is 10.2 Å². The van der Waals surface area contributed by atoms with E-state index in [0.717, 1.165) is 41.0 Å². The fourth-order valence-corrected chi connectivity index (χ4v) is 4.84. The molecule has 17 heteroatoms. The monoisotopic (exact) mass is 638 g/mol. The molecular formula is C27H20F6N6O4S. The van der Waals surface area contributed by atoms with Gasteiger partial charge in [0.15, 0.2) is 11.0 Å². The predicted octanol–water partition coefficient (Wildman–Crippen LogP) is 6.18. The van der Waals surface area contributed by atoms with E-state index in [-0.39, 0.29) is 33.5 Å². The molecule has 230 valence electrons. The van der Waals surface area contributed by atoms with E-state index >= 15 is 0 Å². The first-order valence-corrected chi connectivity index (χ1v) is 13.4. The summed E-state index contributed by atoms with van der Waals surface area (Å²) >= 11 is 0.682. The van der Waals surface area contributed by atoms with E-state index in [1.54, 1.807) is 0 Å². The van der Waals surface area contributed by atoms with Crippen LogP contribution in [0.1, 0.15) is 32.9 Å². The van der Waals surface area contributed by atoms with Gasteiger partial charge in [-0.2, -0.15) is 26.3 Å². The maximum atomic E-state index is 13.5. The molecule has 44 heavy (non-hydrogen) atoms. The van der Waals surface area contributed by atoms with Crippen LogP contribution < -0.4 is 10.6 Å². The lowest BCUT2D eigenvalue weighted by Gasteiger charge is -2.14. The van der Waals surface area contributed by atoms with Gasteiger partial charge in [0, 0.05) is 17.2 Å². The highest BCUT2D eigenvalue weighted by atomic mass is 32.2. The van der Waals surface area contributed by atoms with E-state index in [9.17, 15) is 46.0 Å². The van der Waals surface area contributed by atoms with Crippen LogP contribution in [0.15, 0.2) is 71.9 Å². The second-order valence-electron chi connectivity index (χ2n) is 9.05. The van der Waals surface area contributed by atoms with Crippen LogP contribution in [0.2, 0.25) is 0 Å². The van der Waals surface area contributed by atoms with Gasteiger partial charge in [-0.25, -0.2) is 0 Å². The molecule has 0 aliphatic rings. The van der Waals surface area contributed by atoms with Crippen LogP contribution in [0.25, 0.3) is 5.69 Å². The number of nitrogens with zero attached hydrogens (tertiary/aromatic N) is 4. The molecule has 0 aliphatic heterocycles. The molecule has 10 nitrogen and oxygen atoms in total. The topological polar surface area (TPSA) is 132 Å². The number of nitrogens with one attached hydrogen (secondary N) is 2. The Morgan fingerprint density at radius 3 is 2.34 bits per heavy atom. The number of benzene rings is 3. The first-order chi connectivity index (χ1) is 20.7. The molecular weight excluding hydrogens is 618 g/mol. The van der Waals surface area contributed by atoms with Crippen molar-refractivity contribution in [3.63, 3.8) is 0 Å². The highest BCUT2D eigenvalue weighted by molar-refractivity contribution is 7.99. The average molecular weight is 639 g/mol. The maximum absolute atomic E-state index is 13.5. The van der Waals surface area contributed by atoms with Gasteiger partial charge in [0.1, 0.15) is 0 Å². The van der Waals surface area contributed by atoms with Crippen LogP contribution in [0.3, 0.4) is 0 Å². The average Bonchev–Trinajstić information content (AvgIpc) is 3.37. The van der Waals surface area contributed by atoms with Gasteiger partial charge in [0.2, 0.25) is 5.91 Å². The van der Waals surface area contributed by atoms with Crippen LogP contribution in [-0.4, -0.2) is 37.3 Å². The number of para-hydroxylation sites is 1. The highest BCUT2D eigenvalue weighted by Gasteiger charge is 2.34. The number of halogens is 6. The molecule has 0 saturated heterocycles. The third kappa shape index (κ3) is 7.34. The Hall–Kier alpha value is -4.93. The van der Waals surface area contributed by atoms with Crippen molar-refractivity contribution < 1.29 is 40.9 Å². The minimum atomic E-state index is -4.73. The van der Waals surface area contributed by atoms with Crippen LogP contribution in [-0.2, 0) is 23.7 Å². The Balaban J connectivity index is 1.60. The zero-order chi connectivity index (χ0) is 32.2. The van der Waals surface area contributed by atoms with E-state index < -0.39 is 58.2 Å². The van der Waals surface area contributed by atoms with Crippen LogP contribution >= 0.6 is 11.8 Å². The Labute approximate surface area is 248 Å². The number of thioether (sulfide) groups is 1. The number of nitro benzene ring substituents is 1. The molecule has 0 bridgehead atoms. The Kier molecular flexibility index (Phi) is 9.27. The molecule has 4 aromatic rings. The molecule has 0 atom stereocenters. The number of carbonyl (C=O) groups is 2. The molecule has 0 unspecified atom stereocenters. The summed E-state index contributed by atoms with van der Waals surface area (Å²) in [6, 6.07) is 12.3. The fourth-order valence-electron chi connectivity index (χ4n) is 4.07. The maximum Gasteiger partial charge on any atom is 0.418 e. The molecule has 2 amide bonds. The number of rotatable bonds is 9. The van der Waals surface area contributed by atoms with Gasteiger partial charge < -0.3 is 10.6 Å². The molecule has 4 rings (SSSR count). The van der Waals surface area contributed by atoms with E-state index in [1.165, 1.54) is 37.3 Å². The predicted molar refractivity (Wildman–Crippen MR) is 146 cm³/mol.